The molecule has 0 spiro atoms. The number of nitrogens with two attached hydrogens (primary N) is 1. The van der Waals surface area contributed by atoms with Crippen molar-refractivity contribution in [2.24, 2.45) is 11.8 Å². The monoisotopic (exact) mass is 523 g/mol. The Bertz CT molecular complexity index is 1260. The largest absolute Gasteiger partial charge is 0.462 e. The number of rotatable bonds is 7. The number of nitrogens with zero attached hydrogens (tertiary/aromatic N) is 4. The smallest absolute Gasteiger partial charge is 0.343 e. The summed E-state index contributed by atoms with van der Waals surface area (Å²) in [5.41, 5.74) is 9.06. The number of hydrogen-bond acceptors (Lipinski definition) is 6. The summed E-state index contributed by atoms with van der Waals surface area (Å²) >= 11 is 5.95. The van der Waals surface area contributed by atoms with Gasteiger partial charge in [0.15, 0.2) is 11.0 Å². The van der Waals surface area contributed by atoms with Crippen LogP contribution in [0.4, 0.5) is 11.5 Å². The summed E-state index contributed by atoms with van der Waals surface area (Å²) in [5.74, 6) is 0.405. The van der Waals surface area contributed by atoms with Crippen LogP contribution in [0.5, 0.6) is 0 Å². The van der Waals surface area contributed by atoms with Crippen LogP contribution in [0.1, 0.15) is 63.7 Å². The fourth-order valence-electron chi connectivity index (χ4n) is 4.76. The van der Waals surface area contributed by atoms with Crippen molar-refractivity contribution in [2.45, 2.75) is 59.4 Å². The van der Waals surface area contributed by atoms with Gasteiger partial charge in [-0.2, -0.15) is 0 Å². The molecule has 1 aromatic carbocycles. The van der Waals surface area contributed by atoms with Crippen LogP contribution < -0.4 is 10.6 Å². The van der Waals surface area contributed by atoms with E-state index in [2.05, 4.69) is 11.9 Å². The second-order valence-electron chi connectivity index (χ2n) is 9.94. The van der Waals surface area contributed by atoms with E-state index < -0.39 is 5.97 Å². The van der Waals surface area contributed by atoms with Gasteiger partial charge in [-0.3, -0.25) is 9.69 Å². The van der Waals surface area contributed by atoms with E-state index in [0.29, 0.717) is 17.4 Å². The highest BCUT2D eigenvalue weighted by Gasteiger charge is 2.34. The number of ether oxygens (including phenoxy) is 1. The average Bonchev–Trinajstić information content (AvgIpc) is 3.31. The SMILES string of the molecule is CCOC(=O)c1cn(-c2ccc(-c3cnc(Cl)c(N)c3)cc2)nc1N(C(=O)[C@H]1CC[C@H](C)CC1)C(C)C. The standard InChI is InChI=1S/C28H34ClN5O3/c1-5-37-28(36)23-16-33(22-12-10-19(11-13-22)21-14-24(30)25(29)31-15-21)32-26(23)34(17(2)3)27(35)20-8-6-18(4)7-9-20/h10-18,20H,5-9,30H2,1-4H3/t18-,20-. The molecular weight excluding hydrogens is 490 g/mol. The van der Waals surface area contributed by atoms with E-state index in [1.165, 1.54) is 0 Å². The zero-order valence-corrected chi connectivity index (χ0v) is 22.5. The number of carbonyl (C=O) groups is 2. The first-order valence-corrected chi connectivity index (χ1v) is 13.2. The first-order chi connectivity index (χ1) is 17.7. The maximum absolute atomic E-state index is 13.7. The molecule has 1 aliphatic rings. The van der Waals surface area contributed by atoms with Crippen LogP contribution in [-0.4, -0.2) is 39.3 Å². The fourth-order valence-corrected chi connectivity index (χ4v) is 4.87. The summed E-state index contributed by atoms with van der Waals surface area (Å²) in [4.78, 5) is 32.4. The van der Waals surface area contributed by atoms with Crippen LogP contribution in [0.3, 0.4) is 0 Å². The van der Waals surface area contributed by atoms with Crippen molar-refractivity contribution in [1.82, 2.24) is 14.8 Å². The van der Waals surface area contributed by atoms with Gasteiger partial charge in [-0.25, -0.2) is 14.5 Å². The summed E-state index contributed by atoms with van der Waals surface area (Å²) in [5, 5.41) is 5.00. The second kappa shape index (κ2) is 11.3. The number of halogens is 1. The molecule has 8 nitrogen and oxygen atoms in total. The third kappa shape index (κ3) is 5.80. The Morgan fingerprint density at radius 2 is 1.84 bits per heavy atom. The third-order valence-corrected chi connectivity index (χ3v) is 7.18. The number of anilines is 2. The predicted molar refractivity (Wildman–Crippen MR) is 146 cm³/mol. The van der Waals surface area contributed by atoms with Crippen LogP contribution in [0.15, 0.2) is 42.7 Å². The van der Waals surface area contributed by atoms with E-state index in [1.807, 2.05) is 38.1 Å². The lowest BCUT2D eigenvalue weighted by atomic mass is 9.82. The highest BCUT2D eigenvalue weighted by Crippen LogP contribution is 2.33. The summed E-state index contributed by atoms with van der Waals surface area (Å²) < 4.78 is 6.94. The minimum absolute atomic E-state index is 0.0147. The topological polar surface area (TPSA) is 103 Å². The van der Waals surface area contributed by atoms with Gasteiger partial charge in [0.2, 0.25) is 5.91 Å². The molecule has 1 aliphatic carbocycles. The van der Waals surface area contributed by atoms with Crippen LogP contribution in [0, 0.1) is 11.8 Å². The van der Waals surface area contributed by atoms with Crippen molar-refractivity contribution in [2.75, 3.05) is 17.2 Å². The van der Waals surface area contributed by atoms with Crippen molar-refractivity contribution >= 4 is 35.0 Å². The van der Waals surface area contributed by atoms with E-state index in [4.69, 9.17) is 27.2 Å². The van der Waals surface area contributed by atoms with E-state index in [0.717, 1.165) is 42.5 Å². The molecule has 0 aliphatic heterocycles. The van der Waals surface area contributed by atoms with Crippen molar-refractivity contribution in [3.05, 3.63) is 53.4 Å². The van der Waals surface area contributed by atoms with Gasteiger partial charge in [0.25, 0.3) is 0 Å². The predicted octanol–water partition coefficient (Wildman–Crippen LogP) is 5.91. The van der Waals surface area contributed by atoms with Gasteiger partial charge in [-0.1, -0.05) is 30.7 Å². The number of carbonyl (C=O) groups excluding carboxylic acids is 2. The Morgan fingerprint density at radius 1 is 1.16 bits per heavy atom. The quantitative estimate of drug-likeness (QED) is 0.305. The molecule has 2 N–H and O–H groups in total. The van der Waals surface area contributed by atoms with E-state index in [-0.39, 0.29) is 35.2 Å². The van der Waals surface area contributed by atoms with Gasteiger partial charge in [0.1, 0.15) is 5.56 Å². The molecule has 37 heavy (non-hydrogen) atoms. The number of aromatic nitrogens is 3. The molecule has 3 aromatic rings. The van der Waals surface area contributed by atoms with Gasteiger partial charge in [0, 0.05) is 29.9 Å². The normalized spacial score (nSPS) is 17.6. The molecule has 2 aromatic heterocycles. The summed E-state index contributed by atoms with van der Waals surface area (Å²) in [6.45, 7) is 8.10. The highest BCUT2D eigenvalue weighted by molar-refractivity contribution is 6.31. The number of amides is 1. The van der Waals surface area contributed by atoms with E-state index in [9.17, 15) is 9.59 Å². The number of nitrogen functional groups attached to an aromatic ring is 1. The van der Waals surface area contributed by atoms with Crippen LogP contribution in [0.2, 0.25) is 5.15 Å². The number of pyridine rings is 1. The van der Waals surface area contributed by atoms with Crippen molar-refractivity contribution in [3.63, 3.8) is 0 Å². The average molecular weight is 524 g/mol. The summed E-state index contributed by atoms with van der Waals surface area (Å²) in [7, 11) is 0. The Kier molecular flexibility index (Phi) is 8.17. The maximum Gasteiger partial charge on any atom is 0.343 e. The lowest BCUT2D eigenvalue weighted by Gasteiger charge is -2.32. The van der Waals surface area contributed by atoms with Gasteiger partial charge in [0.05, 0.1) is 18.0 Å². The lowest BCUT2D eigenvalue weighted by molar-refractivity contribution is -0.124. The molecule has 1 amide bonds. The molecule has 0 bridgehead atoms. The Balaban J connectivity index is 1.69. The number of hydrogen-bond donors (Lipinski definition) is 1. The molecule has 9 heteroatoms. The molecular formula is C28H34ClN5O3. The Hall–Kier alpha value is -3.39. The molecule has 4 rings (SSSR count). The van der Waals surface area contributed by atoms with Crippen molar-refractivity contribution in [1.29, 1.82) is 0 Å². The lowest BCUT2D eigenvalue weighted by Crippen LogP contribution is -2.43. The molecule has 2 heterocycles. The Morgan fingerprint density at radius 3 is 2.43 bits per heavy atom. The molecule has 1 fully saturated rings. The van der Waals surface area contributed by atoms with Gasteiger partial charge in [-0.15, -0.1) is 5.10 Å². The maximum atomic E-state index is 13.7. The second-order valence-corrected chi connectivity index (χ2v) is 10.3. The minimum atomic E-state index is -0.501. The molecule has 1 saturated carbocycles. The fraction of sp³-hybridized carbons (Fsp3) is 0.429. The molecule has 0 atom stereocenters. The molecule has 0 unspecified atom stereocenters. The molecule has 0 radical (unpaired) electrons. The van der Waals surface area contributed by atoms with E-state index >= 15 is 0 Å². The Labute approximate surface area is 222 Å². The number of esters is 1. The number of benzene rings is 1. The molecule has 196 valence electrons. The van der Waals surface area contributed by atoms with Gasteiger partial charge >= 0.3 is 5.97 Å². The summed E-state index contributed by atoms with van der Waals surface area (Å²) in [6.07, 6.45) is 7.06. The van der Waals surface area contributed by atoms with Crippen molar-refractivity contribution < 1.29 is 14.3 Å². The zero-order chi connectivity index (χ0) is 26.7. The minimum Gasteiger partial charge on any atom is -0.462 e. The van der Waals surface area contributed by atoms with Gasteiger partial charge < -0.3 is 10.5 Å². The van der Waals surface area contributed by atoms with E-state index in [1.54, 1.807) is 35.0 Å². The third-order valence-electron chi connectivity index (χ3n) is 6.87. The van der Waals surface area contributed by atoms with Crippen LogP contribution in [-0.2, 0) is 9.53 Å². The van der Waals surface area contributed by atoms with Crippen LogP contribution in [0.25, 0.3) is 16.8 Å². The first-order valence-electron chi connectivity index (χ1n) is 12.8. The molecule has 0 saturated heterocycles. The van der Waals surface area contributed by atoms with Crippen LogP contribution >= 0.6 is 11.6 Å². The first kappa shape index (κ1) is 26.7. The van der Waals surface area contributed by atoms with Crippen molar-refractivity contribution in [3.8, 4) is 16.8 Å². The van der Waals surface area contributed by atoms with Gasteiger partial charge in [-0.05, 0) is 76.1 Å². The summed E-state index contributed by atoms with van der Waals surface area (Å²) in [6, 6.07) is 9.20. The zero-order valence-electron chi connectivity index (χ0n) is 21.8. The highest BCUT2D eigenvalue weighted by atomic mass is 35.5.